The monoisotopic (exact) mass is 513 g/mol. The van der Waals surface area contributed by atoms with Crippen LogP contribution >= 0.6 is 11.6 Å². The number of nitrogens with one attached hydrogen (secondary N) is 1. The number of methoxy groups -OCH3 is 2. The van der Waals surface area contributed by atoms with E-state index in [0.717, 1.165) is 10.7 Å². The minimum absolute atomic E-state index is 0.139. The molecule has 8 heteroatoms. The molecular weight excluding hydrogens is 478 g/mol. The second-order valence-electron chi connectivity index (χ2n) is 6.48. The zero-order valence-electron chi connectivity index (χ0n) is 21.8. The van der Waals surface area contributed by atoms with Crippen LogP contribution in [0.15, 0.2) is 67.0 Å². The third-order valence-corrected chi connectivity index (χ3v) is 4.39. The minimum atomic E-state index is -0.139. The predicted octanol–water partition coefficient (Wildman–Crippen LogP) is 5.91. The highest BCUT2D eigenvalue weighted by atomic mass is 35.5. The number of pyridine rings is 1. The average molecular weight is 514 g/mol. The van der Waals surface area contributed by atoms with Gasteiger partial charge >= 0.3 is 0 Å². The van der Waals surface area contributed by atoms with Crippen molar-refractivity contribution in [1.29, 1.82) is 0 Å². The van der Waals surface area contributed by atoms with Crippen LogP contribution in [0.4, 0.5) is 11.4 Å². The predicted molar refractivity (Wildman–Crippen MR) is 150 cm³/mol. The maximum Gasteiger partial charge on any atom is 0.243 e. The van der Waals surface area contributed by atoms with Crippen molar-refractivity contribution in [2.75, 3.05) is 38.0 Å². The summed E-state index contributed by atoms with van der Waals surface area (Å²) in [5.41, 5.74) is 2.69. The molecule has 0 saturated heterocycles. The van der Waals surface area contributed by atoms with Crippen molar-refractivity contribution in [2.24, 2.45) is 0 Å². The Balaban J connectivity index is 0. The van der Waals surface area contributed by atoms with Crippen LogP contribution in [0.25, 0.3) is 0 Å². The van der Waals surface area contributed by atoms with E-state index in [9.17, 15) is 4.79 Å². The zero-order chi connectivity index (χ0) is 27.9. The van der Waals surface area contributed by atoms with Gasteiger partial charge in [0, 0.05) is 24.3 Å². The summed E-state index contributed by atoms with van der Waals surface area (Å²) in [6, 6.07) is 16.8. The summed E-state index contributed by atoms with van der Waals surface area (Å²) in [4.78, 5) is 25.9. The molecular formula is C28H36ClN3O4. The van der Waals surface area contributed by atoms with E-state index in [0.29, 0.717) is 17.2 Å². The molecule has 0 aliphatic rings. The molecule has 0 aliphatic carbocycles. The lowest BCUT2D eigenvalue weighted by atomic mass is 10.2. The number of nitrogens with zero attached hydrogens (tertiary/aromatic N) is 2. The SMILES string of the molecule is C#C.C=O.CC.COc1ccc(OC)c(N(C)CC(=O)Nc2cccnc2)c1.Cc1ccc(Cl)cc1. The first kappa shape index (κ1) is 34.1. The van der Waals surface area contributed by atoms with Crippen molar-refractivity contribution in [1.82, 2.24) is 4.98 Å². The highest BCUT2D eigenvalue weighted by molar-refractivity contribution is 6.30. The number of likely N-dealkylation sites (N-methyl/N-ethyl adjacent to an activating group) is 1. The van der Waals surface area contributed by atoms with Crippen molar-refractivity contribution < 1.29 is 19.1 Å². The molecule has 194 valence electrons. The zero-order valence-corrected chi connectivity index (χ0v) is 22.6. The van der Waals surface area contributed by atoms with Crippen LogP contribution in [0.1, 0.15) is 19.4 Å². The van der Waals surface area contributed by atoms with Crippen LogP contribution in [0.3, 0.4) is 0 Å². The van der Waals surface area contributed by atoms with Gasteiger partial charge < -0.3 is 24.5 Å². The Labute approximate surface area is 220 Å². The summed E-state index contributed by atoms with van der Waals surface area (Å²) in [6.07, 6.45) is 11.3. The summed E-state index contributed by atoms with van der Waals surface area (Å²) in [5, 5.41) is 3.59. The standard InChI is InChI=1S/C16H19N3O3.C7H7Cl.C2H6.C2H2.CH2O/c1-19(11-16(20)18-12-5-4-8-17-10-12)14-9-13(21-2)6-7-15(14)22-3;1-6-2-4-7(8)5-3-6;3*1-2/h4-10H,11H2,1-3H3,(H,18,20);2-5H,1H3;1-2H3;1-2H;1H2. The minimum Gasteiger partial charge on any atom is -0.497 e. The van der Waals surface area contributed by atoms with E-state index in [-0.39, 0.29) is 12.5 Å². The number of rotatable bonds is 6. The maximum absolute atomic E-state index is 12.1. The molecule has 0 unspecified atom stereocenters. The van der Waals surface area contributed by atoms with Gasteiger partial charge in [-0.15, -0.1) is 12.8 Å². The van der Waals surface area contributed by atoms with Crippen molar-refractivity contribution in [2.45, 2.75) is 20.8 Å². The molecule has 0 spiro atoms. The fraction of sp³-hybridized carbons (Fsp3) is 0.250. The van der Waals surface area contributed by atoms with E-state index in [1.165, 1.54) is 5.56 Å². The molecule has 0 aliphatic heterocycles. The molecule has 1 heterocycles. The number of hydrogen-bond donors (Lipinski definition) is 1. The lowest BCUT2D eigenvalue weighted by Gasteiger charge is -2.21. The molecule has 36 heavy (non-hydrogen) atoms. The fourth-order valence-electron chi connectivity index (χ4n) is 2.57. The highest BCUT2D eigenvalue weighted by Gasteiger charge is 2.13. The number of aryl methyl sites for hydroxylation is 1. The van der Waals surface area contributed by atoms with Crippen molar-refractivity contribution in [3.8, 4) is 24.3 Å². The van der Waals surface area contributed by atoms with Gasteiger partial charge in [0.15, 0.2) is 0 Å². The molecule has 0 atom stereocenters. The summed E-state index contributed by atoms with van der Waals surface area (Å²) < 4.78 is 10.5. The number of aromatic nitrogens is 1. The first-order chi connectivity index (χ1) is 17.4. The molecule has 3 rings (SSSR count). The fourth-order valence-corrected chi connectivity index (χ4v) is 2.69. The number of ether oxygens (including phenoxy) is 2. The normalized spacial score (nSPS) is 8.47. The molecule has 0 radical (unpaired) electrons. The van der Waals surface area contributed by atoms with E-state index >= 15 is 0 Å². The average Bonchev–Trinajstić information content (AvgIpc) is 2.94. The van der Waals surface area contributed by atoms with Crippen LogP contribution in [0.5, 0.6) is 11.5 Å². The number of carbonyl (C=O) groups excluding carboxylic acids is 2. The number of carbonyl (C=O) groups is 2. The Kier molecular flexibility index (Phi) is 20.4. The van der Waals surface area contributed by atoms with Gasteiger partial charge in [-0.25, -0.2) is 0 Å². The van der Waals surface area contributed by atoms with E-state index in [1.807, 2.05) is 77.1 Å². The van der Waals surface area contributed by atoms with Crippen molar-refractivity contribution >= 4 is 35.7 Å². The van der Waals surface area contributed by atoms with Crippen LogP contribution in [0.2, 0.25) is 5.02 Å². The number of anilines is 2. The second-order valence-corrected chi connectivity index (χ2v) is 6.92. The molecule has 0 fully saturated rings. The molecule has 2 aromatic carbocycles. The molecule has 3 aromatic rings. The Morgan fingerprint density at radius 2 is 1.67 bits per heavy atom. The van der Waals surface area contributed by atoms with Gasteiger partial charge in [-0.3, -0.25) is 9.78 Å². The van der Waals surface area contributed by atoms with Gasteiger partial charge in [0.25, 0.3) is 0 Å². The van der Waals surface area contributed by atoms with E-state index < -0.39 is 0 Å². The van der Waals surface area contributed by atoms with Crippen LogP contribution in [-0.2, 0) is 9.59 Å². The third kappa shape index (κ3) is 13.6. The molecule has 0 bridgehead atoms. The number of halogens is 1. The number of hydrogen-bond acceptors (Lipinski definition) is 6. The molecule has 7 nitrogen and oxygen atoms in total. The van der Waals surface area contributed by atoms with Gasteiger partial charge in [-0.05, 0) is 43.3 Å². The largest absolute Gasteiger partial charge is 0.497 e. The maximum atomic E-state index is 12.1. The number of benzene rings is 2. The molecule has 1 N–H and O–H groups in total. The summed E-state index contributed by atoms with van der Waals surface area (Å²) >= 11 is 5.61. The summed E-state index contributed by atoms with van der Waals surface area (Å²) in [6.45, 7) is 8.22. The van der Waals surface area contributed by atoms with Crippen LogP contribution in [0, 0.1) is 19.8 Å². The smallest absolute Gasteiger partial charge is 0.243 e. The van der Waals surface area contributed by atoms with E-state index in [4.69, 9.17) is 25.9 Å². The van der Waals surface area contributed by atoms with Crippen molar-refractivity contribution in [3.05, 3.63) is 77.6 Å². The second kappa shape index (κ2) is 21.5. The third-order valence-electron chi connectivity index (χ3n) is 4.13. The van der Waals surface area contributed by atoms with Crippen molar-refractivity contribution in [3.63, 3.8) is 0 Å². The molecule has 1 amide bonds. The highest BCUT2D eigenvalue weighted by Crippen LogP contribution is 2.31. The van der Waals surface area contributed by atoms with E-state index in [1.54, 1.807) is 43.6 Å². The topological polar surface area (TPSA) is 80.8 Å². The van der Waals surface area contributed by atoms with Gasteiger partial charge in [0.1, 0.15) is 18.3 Å². The van der Waals surface area contributed by atoms with Gasteiger partial charge in [0.05, 0.1) is 38.3 Å². The Morgan fingerprint density at radius 3 is 2.14 bits per heavy atom. The Hall–Kier alpha value is -4.02. The Bertz CT molecular complexity index is 976. The van der Waals surface area contributed by atoms with Crippen LogP contribution < -0.4 is 19.7 Å². The van der Waals surface area contributed by atoms with E-state index in [2.05, 4.69) is 23.1 Å². The Morgan fingerprint density at radius 1 is 1.06 bits per heavy atom. The number of terminal acetylenes is 1. The van der Waals surface area contributed by atoms with Crippen LogP contribution in [-0.4, -0.2) is 45.5 Å². The lowest BCUT2D eigenvalue weighted by Crippen LogP contribution is -2.30. The summed E-state index contributed by atoms with van der Waals surface area (Å²) in [7, 11) is 5.01. The van der Waals surface area contributed by atoms with Gasteiger partial charge in [0.2, 0.25) is 5.91 Å². The van der Waals surface area contributed by atoms with Gasteiger partial charge in [-0.1, -0.05) is 43.1 Å². The summed E-state index contributed by atoms with van der Waals surface area (Å²) in [5.74, 6) is 1.24. The quantitative estimate of drug-likeness (QED) is 0.412. The molecule has 0 saturated carbocycles. The number of amides is 1. The lowest BCUT2D eigenvalue weighted by molar-refractivity contribution is -0.115. The first-order valence-electron chi connectivity index (χ1n) is 10.9. The first-order valence-corrected chi connectivity index (χ1v) is 11.3. The molecule has 1 aromatic heterocycles. The van der Waals surface area contributed by atoms with Gasteiger partial charge in [-0.2, -0.15) is 0 Å².